The lowest BCUT2D eigenvalue weighted by atomic mass is 10.2. The Morgan fingerprint density at radius 1 is 1.44 bits per heavy atom. The summed E-state index contributed by atoms with van der Waals surface area (Å²) in [6.07, 6.45) is 1.53. The normalized spacial score (nSPS) is 10.7. The SMILES string of the molecule is COc1cc(/C=N/NC(N)=O)ccc1OC(C)C. The largest absolute Gasteiger partial charge is 0.493 e. The van der Waals surface area contributed by atoms with Crippen LogP contribution >= 0.6 is 0 Å². The lowest BCUT2D eigenvalue weighted by Gasteiger charge is -2.13. The Bertz CT molecular complexity index is 444. The Morgan fingerprint density at radius 2 is 2.17 bits per heavy atom. The first-order valence-corrected chi connectivity index (χ1v) is 5.46. The molecule has 98 valence electrons. The highest BCUT2D eigenvalue weighted by Crippen LogP contribution is 2.28. The number of urea groups is 1. The van der Waals surface area contributed by atoms with Crippen molar-refractivity contribution in [3.63, 3.8) is 0 Å². The summed E-state index contributed by atoms with van der Waals surface area (Å²) in [5.41, 5.74) is 7.76. The molecule has 1 aromatic rings. The van der Waals surface area contributed by atoms with Crippen LogP contribution in [-0.2, 0) is 0 Å². The second kappa shape index (κ2) is 6.48. The molecule has 0 saturated carbocycles. The maximum absolute atomic E-state index is 10.4. The van der Waals surface area contributed by atoms with Crippen LogP contribution in [-0.4, -0.2) is 25.5 Å². The van der Waals surface area contributed by atoms with Gasteiger partial charge in [0, 0.05) is 0 Å². The van der Waals surface area contributed by atoms with Crippen molar-refractivity contribution >= 4 is 12.2 Å². The van der Waals surface area contributed by atoms with Crippen molar-refractivity contribution in [1.82, 2.24) is 5.43 Å². The number of amides is 2. The molecule has 6 heteroatoms. The van der Waals surface area contributed by atoms with E-state index in [2.05, 4.69) is 10.5 Å². The fourth-order valence-corrected chi connectivity index (χ4v) is 1.29. The average molecular weight is 251 g/mol. The predicted molar refractivity (Wildman–Crippen MR) is 69.1 cm³/mol. The molecule has 0 aliphatic carbocycles. The number of methoxy groups -OCH3 is 1. The Labute approximate surface area is 106 Å². The molecule has 2 amide bonds. The molecule has 6 nitrogen and oxygen atoms in total. The first-order chi connectivity index (χ1) is 8.52. The molecular weight excluding hydrogens is 234 g/mol. The summed E-state index contributed by atoms with van der Waals surface area (Å²) in [7, 11) is 1.56. The van der Waals surface area contributed by atoms with Crippen LogP contribution in [0.2, 0.25) is 0 Å². The van der Waals surface area contributed by atoms with Gasteiger partial charge in [0.2, 0.25) is 0 Å². The minimum absolute atomic E-state index is 0.0648. The summed E-state index contributed by atoms with van der Waals surface area (Å²) >= 11 is 0. The number of nitrogens with two attached hydrogens (primary N) is 1. The van der Waals surface area contributed by atoms with Gasteiger partial charge in [-0.1, -0.05) is 0 Å². The number of hydrogen-bond acceptors (Lipinski definition) is 4. The molecule has 0 bridgehead atoms. The maximum atomic E-state index is 10.4. The number of primary amides is 1. The van der Waals surface area contributed by atoms with E-state index in [-0.39, 0.29) is 6.10 Å². The zero-order valence-electron chi connectivity index (χ0n) is 10.6. The second-order valence-electron chi connectivity index (χ2n) is 3.81. The summed E-state index contributed by atoms with van der Waals surface area (Å²) in [5, 5.41) is 3.66. The second-order valence-corrected chi connectivity index (χ2v) is 3.81. The molecule has 0 spiro atoms. The van der Waals surface area contributed by atoms with E-state index in [0.717, 1.165) is 5.56 Å². The van der Waals surface area contributed by atoms with Crippen molar-refractivity contribution in [2.75, 3.05) is 7.11 Å². The molecular formula is C12H17N3O3. The van der Waals surface area contributed by atoms with Crippen molar-refractivity contribution in [1.29, 1.82) is 0 Å². The van der Waals surface area contributed by atoms with Gasteiger partial charge < -0.3 is 15.2 Å². The third kappa shape index (κ3) is 4.32. The van der Waals surface area contributed by atoms with Crippen molar-refractivity contribution in [3.8, 4) is 11.5 Å². The van der Waals surface area contributed by atoms with Gasteiger partial charge >= 0.3 is 6.03 Å². The average Bonchev–Trinajstić information content (AvgIpc) is 2.29. The highest BCUT2D eigenvalue weighted by Gasteiger charge is 2.06. The van der Waals surface area contributed by atoms with E-state index >= 15 is 0 Å². The van der Waals surface area contributed by atoms with Crippen LogP contribution < -0.4 is 20.6 Å². The van der Waals surface area contributed by atoms with E-state index in [1.54, 1.807) is 25.3 Å². The van der Waals surface area contributed by atoms with Gasteiger partial charge in [0.1, 0.15) is 0 Å². The van der Waals surface area contributed by atoms with Crippen LogP contribution in [0.5, 0.6) is 11.5 Å². The number of carbonyl (C=O) groups excluding carboxylic acids is 1. The minimum atomic E-state index is -0.710. The van der Waals surface area contributed by atoms with Crippen molar-refractivity contribution < 1.29 is 14.3 Å². The molecule has 0 heterocycles. The molecule has 1 aromatic carbocycles. The molecule has 0 aromatic heterocycles. The Kier molecular flexibility index (Phi) is 4.98. The summed E-state index contributed by atoms with van der Waals surface area (Å²) in [4.78, 5) is 10.4. The molecule has 18 heavy (non-hydrogen) atoms. The minimum Gasteiger partial charge on any atom is -0.493 e. The fourth-order valence-electron chi connectivity index (χ4n) is 1.29. The van der Waals surface area contributed by atoms with Gasteiger partial charge in [0.05, 0.1) is 19.4 Å². The number of hydrogen-bond donors (Lipinski definition) is 2. The van der Waals surface area contributed by atoms with Gasteiger partial charge in [0.25, 0.3) is 0 Å². The van der Waals surface area contributed by atoms with Gasteiger partial charge in [-0.05, 0) is 37.6 Å². The predicted octanol–water partition coefficient (Wildman–Crippen LogP) is 1.48. The molecule has 0 aliphatic heterocycles. The first-order valence-electron chi connectivity index (χ1n) is 5.46. The molecule has 0 radical (unpaired) electrons. The number of benzene rings is 1. The maximum Gasteiger partial charge on any atom is 0.332 e. The van der Waals surface area contributed by atoms with E-state index in [4.69, 9.17) is 15.2 Å². The van der Waals surface area contributed by atoms with Gasteiger partial charge in [-0.15, -0.1) is 0 Å². The standard InChI is InChI=1S/C12H17N3O3/c1-8(2)18-10-5-4-9(6-11(10)17-3)7-14-15-12(13)16/h4-8H,1-3H3,(H3,13,15,16)/b14-7+. The van der Waals surface area contributed by atoms with Crippen LogP contribution in [0.1, 0.15) is 19.4 Å². The van der Waals surface area contributed by atoms with E-state index in [1.165, 1.54) is 6.21 Å². The quantitative estimate of drug-likeness (QED) is 0.614. The van der Waals surface area contributed by atoms with Crippen LogP contribution in [0.3, 0.4) is 0 Å². The van der Waals surface area contributed by atoms with Crippen molar-refractivity contribution in [2.24, 2.45) is 10.8 Å². The number of rotatable bonds is 5. The fraction of sp³-hybridized carbons (Fsp3) is 0.333. The summed E-state index contributed by atoms with van der Waals surface area (Å²) in [6, 6.07) is 4.62. The Hall–Kier alpha value is -2.24. The molecule has 0 fully saturated rings. The molecule has 0 unspecified atom stereocenters. The van der Waals surface area contributed by atoms with E-state index in [1.807, 2.05) is 13.8 Å². The topological polar surface area (TPSA) is 85.9 Å². The Balaban J connectivity index is 2.84. The first kappa shape index (κ1) is 13.8. The van der Waals surface area contributed by atoms with Gasteiger partial charge in [-0.3, -0.25) is 0 Å². The van der Waals surface area contributed by atoms with Gasteiger partial charge in [-0.2, -0.15) is 5.10 Å². The van der Waals surface area contributed by atoms with E-state index < -0.39 is 6.03 Å². The van der Waals surface area contributed by atoms with Crippen LogP contribution in [0.25, 0.3) is 0 Å². The van der Waals surface area contributed by atoms with Crippen LogP contribution in [0.15, 0.2) is 23.3 Å². The number of nitrogens with one attached hydrogen (secondary N) is 1. The summed E-state index contributed by atoms with van der Waals surface area (Å²) < 4.78 is 10.8. The van der Waals surface area contributed by atoms with Gasteiger partial charge in [-0.25, -0.2) is 10.2 Å². The van der Waals surface area contributed by atoms with E-state index in [0.29, 0.717) is 11.5 Å². The van der Waals surface area contributed by atoms with Gasteiger partial charge in [0.15, 0.2) is 11.5 Å². The number of carbonyl (C=O) groups is 1. The molecule has 1 rings (SSSR count). The molecule has 3 N–H and O–H groups in total. The smallest absolute Gasteiger partial charge is 0.332 e. The van der Waals surface area contributed by atoms with Crippen molar-refractivity contribution in [2.45, 2.75) is 20.0 Å². The third-order valence-corrected chi connectivity index (χ3v) is 1.94. The lowest BCUT2D eigenvalue weighted by molar-refractivity contribution is 0.230. The number of hydrazone groups is 1. The molecule has 0 saturated heterocycles. The highest BCUT2D eigenvalue weighted by molar-refractivity contribution is 5.82. The zero-order chi connectivity index (χ0) is 13.5. The Morgan fingerprint density at radius 3 is 2.72 bits per heavy atom. The number of nitrogens with zero attached hydrogens (tertiary/aromatic N) is 1. The van der Waals surface area contributed by atoms with Crippen LogP contribution in [0, 0.1) is 0 Å². The molecule has 0 atom stereocenters. The zero-order valence-corrected chi connectivity index (χ0v) is 10.6. The number of ether oxygens (including phenoxy) is 2. The van der Waals surface area contributed by atoms with Crippen LogP contribution in [0.4, 0.5) is 4.79 Å². The lowest BCUT2D eigenvalue weighted by Crippen LogP contribution is -2.24. The van der Waals surface area contributed by atoms with Crippen molar-refractivity contribution in [3.05, 3.63) is 23.8 Å². The third-order valence-electron chi connectivity index (χ3n) is 1.94. The highest BCUT2D eigenvalue weighted by atomic mass is 16.5. The van der Waals surface area contributed by atoms with E-state index in [9.17, 15) is 4.79 Å². The molecule has 0 aliphatic rings. The summed E-state index contributed by atoms with van der Waals surface area (Å²) in [5.74, 6) is 1.26. The monoisotopic (exact) mass is 251 g/mol. The summed E-state index contributed by atoms with van der Waals surface area (Å²) in [6.45, 7) is 3.87.